The van der Waals surface area contributed by atoms with E-state index in [1.54, 1.807) is 12.0 Å². The first-order chi connectivity index (χ1) is 9.66. The highest BCUT2D eigenvalue weighted by Gasteiger charge is 2.21. The molecule has 0 saturated carbocycles. The van der Waals surface area contributed by atoms with Crippen LogP contribution in [0.1, 0.15) is 24.2 Å². The molecule has 1 aromatic rings. The summed E-state index contributed by atoms with van der Waals surface area (Å²) in [6.07, 6.45) is 0. The maximum absolute atomic E-state index is 12.5. The topological polar surface area (TPSA) is 63.7 Å². The minimum atomic E-state index is -3.95. The molecule has 0 N–H and O–H groups in total. The van der Waals surface area contributed by atoms with Gasteiger partial charge in [-0.15, -0.1) is 0 Å². The highest BCUT2D eigenvalue weighted by molar-refractivity contribution is 8.13. The quantitative estimate of drug-likeness (QED) is 0.737. The van der Waals surface area contributed by atoms with Gasteiger partial charge >= 0.3 is 0 Å². The number of benzene rings is 1. The monoisotopic (exact) mass is 353 g/mol. The lowest BCUT2D eigenvalue weighted by molar-refractivity contribution is 0.0634. The van der Waals surface area contributed by atoms with Gasteiger partial charge in [-0.1, -0.05) is 11.6 Å². The number of carbonyl (C=O) groups is 1. The van der Waals surface area contributed by atoms with Crippen LogP contribution in [0.5, 0.6) is 0 Å². The smallest absolute Gasteiger partial charge is 0.261 e. The summed E-state index contributed by atoms with van der Waals surface area (Å²) in [6.45, 7) is 4.49. The molecule has 0 aliphatic carbocycles. The third-order valence-corrected chi connectivity index (χ3v) is 4.37. The Labute approximate surface area is 134 Å². The molecule has 1 aromatic carbocycles. The summed E-state index contributed by atoms with van der Waals surface area (Å²) in [4.78, 5) is 13.9. The first kappa shape index (κ1) is 18.2. The standard InChI is InChI=1S/C13H17Cl2NO4S/c1-9(2)16(4-5-20-3)13(17)10-6-11(14)8-12(7-10)21(15,18)19/h6-9H,4-5H2,1-3H3. The average Bonchev–Trinajstić information content (AvgIpc) is 2.36. The minimum absolute atomic E-state index is 0.0670. The molecule has 0 bridgehead atoms. The number of ether oxygens (including phenoxy) is 1. The molecule has 1 amide bonds. The van der Waals surface area contributed by atoms with E-state index >= 15 is 0 Å². The van der Waals surface area contributed by atoms with Crippen LogP contribution in [0.25, 0.3) is 0 Å². The molecule has 8 heteroatoms. The maximum Gasteiger partial charge on any atom is 0.261 e. The second-order valence-electron chi connectivity index (χ2n) is 4.70. The fraction of sp³-hybridized carbons (Fsp3) is 0.462. The van der Waals surface area contributed by atoms with E-state index in [-0.39, 0.29) is 27.4 Å². The molecule has 0 atom stereocenters. The minimum Gasteiger partial charge on any atom is -0.383 e. The Hall–Kier alpha value is -0.820. The maximum atomic E-state index is 12.5. The number of carbonyl (C=O) groups excluding carboxylic acids is 1. The van der Waals surface area contributed by atoms with E-state index < -0.39 is 9.05 Å². The summed E-state index contributed by atoms with van der Waals surface area (Å²) in [5.74, 6) is -0.328. The van der Waals surface area contributed by atoms with Gasteiger partial charge in [-0.3, -0.25) is 4.79 Å². The number of halogens is 2. The van der Waals surface area contributed by atoms with Crippen LogP contribution in [0.2, 0.25) is 5.02 Å². The fourth-order valence-electron chi connectivity index (χ4n) is 1.78. The van der Waals surface area contributed by atoms with Crippen LogP contribution in [-0.2, 0) is 13.8 Å². The van der Waals surface area contributed by atoms with Gasteiger partial charge in [-0.05, 0) is 32.0 Å². The van der Waals surface area contributed by atoms with E-state index in [1.807, 2.05) is 13.8 Å². The van der Waals surface area contributed by atoms with E-state index in [0.717, 1.165) is 0 Å². The molecule has 118 valence electrons. The van der Waals surface area contributed by atoms with Crippen LogP contribution < -0.4 is 0 Å². The van der Waals surface area contributed by atoms with Gasteiger partial charge in [0.05, 0.1) is 11.5 Å². The largest absolute Gasteiger partial charge is 0.383 e. The van der Waals surface area contributed by atoms with Crippen molar-refractivity contribution in [1.82, 2.24) is 4.90 Å². The Balaban J connectivity index is 3.19. The lowest BCUT2D eigenvalue weighted by Crippen LogP contribution is -2.39. The highest BCUT2D eigenvalue weighted by Crippen LogP contribution is 2.23. The van der Waals surface area contributed by atoms with E-state index in [2.05, 4.69) is 0 Å². The number of nitrogens with zero attached hydrogens (tertiary/aromatic N) is 1. The molecule has 21 heavy (non-hydrogen) atoms. The summed E-state index contributed by atoms with van der Waals surface area (Å²) >= 11 is 5.87. The van der Waals surface area contributed by atoms with Crippen LogP contribution in [0.15, 0.2) is 23.1 Å². The molecule has 0 saturated heterocycles. The van der Waals surface area contributed by atoms with Crippen molar-refractivity contribution in [2.75, 3.05) is 20.3 Å². The lowest BCUT2D eigenvalue weighted by atomic mass is 10.1. The molecule has 0 aliphatic heterocycles. The number of rotatable bonds is 6. The Kier molecular flexibility index (Phi) is 6.46. The zero-order valence-corrected chi connectivity index (χ0v) is 14.3. The highest BCUT2D eigenvalue weighted by atomic mass is 35.7. The Morgan fingerprint density at radius 1 is 1.33 bits per heavy atom. The molecular weight excluding hydrogens is 337 g/mol. The third-order valence-electron chi connectivity index (χ3n) is 2.82. The van der Waals surface area contributed by atoms with Gasteiger partial charge < -0.3 is 9.64 Å². The molecule has 0 radical (unpaired) electrons. The van der Waals surface area contributed by atoms with Crippen molar-refractivity contribution in [1.29, 1.82) is 0 Å². The first-order valence-corrected chi connectivity index (χ1v) is 8.90. The normalized spacial score (nSPS) is 11.7. The first-order valence-electron chi connectivity index (χ1n) is 6.22. The average molecular weight is 354 g/mol. The Morgan fingerprint density at radius 3 is 2.43 bits per heavy atom. The molecule has 0 spiro atoms. The van der Waals surface area contributed by atoms with Gasteiger partial charge in [0.15, 0.2) is 0 Å². The third kappa shape index (κ3) is 5.14. The van der Waals surface area contributed by atoms with Crippen molar-refractivity contribution < 1.29 is 17.9 Å². The molecule has 0 fully saturated rings. The number of hydrogen-bond donors (Lipinski definition) is 0. The summed E-state index contributed by atoms with van der Waals surface area (Å²) in [5.41, 5.74) is 0.173. The van der Waals surface area contributed by atoms with Crippen LogP contribution in [0.4, 0.5) is 0 Å². The molecule has 0 aliphatic rings. The number of hydrogen-bond acceptors (Lipinski definition) is 4. The molecule has 5 nitrogen and oxygen atoms in total. The molecule has 0 unspecified atom stereocenters. The zero-order valence-electron chi connectivity index (χ0n) is 12.0. The molecule has 1 rings (SSSR count). The second kappa shape index (κ2) is 7.45. The zero-order chi connectivity index (χ0) is 16.2. The second-order valence-corrected chi connectivity index (χ2v) is 7.70. The van der Waals surface area contributed by atoms with Gasteiger partial charge in [-0.25, -0.2) is 8.42 Å². The van der Waals surface area contributed by atoms with Gasteiger partial charge in [0.1, 0.15) is 0 Å². The van der Waals surface area contributed by atoms with Crippen molar-refractivity contribution in [2.24, 2.45) is 0 Å². The van der Waals surface area contributed by atoms with Crippen molar-refractivity contribution >= 4 is 37.2 Å². The molecule has 0 aromatic heterocycles. The molecular formula is C13H17Cl2NO4S. The van der Waals surface area contributed by atoms with Crippen LogP contribution in [0.3, 0.4) is 0 Å². The van der Waals surface area contributed by atoms with Crippen molar-refractivity contribution in [3.05, 3.63) is 28.8 Å². The van der Waals surface area contributed by atoms with Crippen LogP contribution >= 0.6 is 22.3 Å². The van der Waals surface area contributed by atoms with Crippen LogP contribution in [-0.4, -0.2) is 45.5 Å². The predicted molar refractivity (Wildman–Crippen MR) is 82.5 cm³/mol. The van der Waals surface area contributed by atoms with Crippen LogP contribution in [0, 0.1) is 0 Å². The summed E-state index contributed by atoms with van der Waals surface area (Å²) < 4.78 is 27.8. The van der Waals surface area contributed by atoms with E-state index in [9.17, 15) is 13.2 Å². The van der Waals surface area contributed by atoms with Gasteiger partial charge in [0.2, 0.25) is 0 Å². The van der Waals surface area contributed by atoms with Crippen molar-refractivity contribution in [2.45, 2.75) is 24.8 Å². The SMILES string of the molecule is COCCN(C(=O)c1cc(Cl)cc(S(=O)(=O)Cl)c1)C(C)C. The van der Waals surface area contributed by atoms with Gasteiger partial charge in [-0.2, -0.15) is 0 Å². The molecule has 0 heterocycles. The van der Waals surface area contributed by atoms with Crippen molar-refractivity contribution in [3.8, 4) is 0 Å². The van der Waals surface area contributed by atoms with Gasteiger partial charge in [0.25, 0.3) is 15.0 Å². The Bertz CT molecular complexity index is 617. The number of amides is 1. The lowest BCUT2D eigenvalue weighted by Gasteiger charge is -2.26. The predicted octanol–water partition coefficient (Wildman–Crippen LogP) is 2.76. The van der Waals surface area contributed by atoms with Crippen molar-refractivity contribution in [3.63, 3.8) is 0 Å². The Morgan fingerprint density at radius 2 is 1.95 bits per heavy atom. The summed E-state index contributed by atoms with van der Waals surface area (Å²) in [7, 11) is 2.89. The van der Waals surface area contributed by atoms with E-state index in [4.69, 9.17) is 27.0 Å². The van der Waals surface area contributed by atoms with E-state index in [0.29, 0.717) is 13.2 Å². The summed E-state index contributed by atoms with van der Waals surface area (Å²) in [5, 5.41) is 0.135. The fourth-order valence-corrected chi connectivity index (χ4v) is 2.88. The van der Waals surface area contributed by atoms with E-state index in [1.165, 1.54) is 18.2 Å². The summed E-state index contributed by atoms with van der Waals surface area (Å²) in [6, 6.07) is 3.77. The number of methoxy groups -OCH3 is 1. The van der Waals surface area contributed by atoms with Gasteiger partial charge in [0, 0.05) is 41.0 Å².